The summed E-state index contributed by atoms with van der Waals surface area (Å²) in [5.74, 6) is -0.609. The SMILES string of the molecule is CC1=CCC(C(F)F)CC2NCCCN(C3(N)CCC3)CCC12Cl. The Hall–Kier alpha value is -0.230. The number of halogens is 3. The standard InChI is InChI=1S/C18H30ClF2N3/c1-13-4-5-14(16(20)21)12-15-18(13,19)8-11-24(10-3-9-23-15)17(22)6-2-7-17/h4,14-16,23H,2-3,5-12,22H2,1H3. The van der Waals surface area contributed by atoms with Crippen molar-refractivity contribution < 1.29 is 8.78 Å². The molecule has 1 aliphatic heterocycles. The predicted octanol–water partition coefficient (Wildman–Crippen LogP) is 3.48. The fourth-order valence-corrected chi connectivity index (χ4v) is 4.76. The van der Waals surface area contributed by atoms with Gasteiger partial charge in [0.1, 0.15) is 0 Å². The Balaban J connectivity index is 1.80. The Morgan fingerprint density at radius 1 is 1.29 bits per heavy atom. The first-order valence-corrected chi connectivity index (χ1v) is 9.64. The summed E-state index contributed by atoms with van der Waals surface area (Å²) in [5, 5.41) is 3.49. The highest BCUT2D eigenvalue weighted by Crippen LogP contribution is 2.42. The van der Waals surface area contributed by atoms with Gasteiger partial charge in [-0.05, 0) is 58.4 Å². The maximum Gasteiger partial charge on any atom is 0.241 e. The Morgan fingerprint density at radius 2 is 2.04 bits per heavy atom. The van der Waals surface area contributed by atoms with Gasteiger partial charge in [0.05, 0.1) is 10.5 Å². The molecule has 24 heavy (non-hydrogen) atoms. The van der Waals surface area contributed by atoms with Crippen LogP contribution in [0.2, 0.25) is 0 Å². The number of hydrogen-bond donors (Lipinski definition) is 2. The first kappa shape index (κ1) is 18.6. The van der Waals surface area contributed by atoms with Crippen molar-refractivity contribution in [2.24, 2.45) is 11.7 Å². The maximum atomic E-state index is 13.3. The van der Waals surface area contributed by atoms with Crippen LogP contribution in [0.15, 0.2) is 11.6 Å². The molecule has 3 aliphatic rings. The molecule has 3 atom stereocenters. The molecule has 1 saturated heterocycles. The van der Waals surface area contributed by atoms with Crippen molar-refractivity contribution in [2.45, 2.75) is 74.9 Å². The molecule has 0 aromatic rings. The van der Waals surface area contributed by atoms with Crippen molar-refractivity contribution in [2.75, 3.05) is 19.6 Å². The third-order valence-corrected chi connectivity index (χ3v) is 7.17. The molecule has 2 aliphatic carbocycles. The molecule has 3 N–H and O–H groups in total. The number of alkyl halides is 3. The van der Waals surface area contributed by atoms with Crippen LogP contribution in [0.3, 0.4) is 0 Å². The van der Waals surface area contributed by atoms with Crippen molar-refractivity contribution in [3.8, 4) is 0 Å². The first-order valence-electron chi connectivity index (χ1n) is 9.27. The summed E-state index contributed by atoms with van der Waals surface area (Å²) in [5.41, 5.74) is 7.39. The largest absolute Gasteiger partial charge is 0.313 e. The Kier molecular flexibility index (Phi) is 5.55. The molecule has 0 spiro atoms. The lowest BCUT2D eigenvalue weighted by molar-refractivity contribution is 0.0188. The summed E-state index contributed by atoms with van der Waals surface area (Å²) < 4.78 is 26.6. The van der Waals surface area contributed by atoms with Crippen LogP contribution in [-0.2, 0) is 0 Å². The van der Waals surface area contributed by atoms with E-state index in [4.69, 9.17) is 17.3 Å². The minimum absolute atomic E-state index is 0.105. The monoisotopic (exact) mass is 361 g/mol. The molecule has 1 saturated carbocycles. The summed E-state index contributed by atoms with van der Waals surface area (Å²) >= 11 is 7.08. The summed E-state index contributed by atoms with van der Waals surface area (Å²) in [6, 6.07) is -0.105. The summed E-state index contributed by atoms with van der Waals surface area (Å²) in [6.45, 7) is 4.58. The van der Waals surface area contributed by atoms with Gasteiger partial charge < -0.3 is 11.1 Å². The van der Waals surface area contributed by atoms with Gasteiger partial charge >= 0.3 is 0 Å². The van der Waals surface area contributed by atoms with Crippen molar-refractivity contribution in [3.05, 3.63) is 11.6 Å². The average molecular weight is 362 g/mol. The second kappa shape index (κ2) is 7.18. The Morgan fingerprint density at radius 3 is 2.67 bits per heavy atom. The van der Waals surface area contributed by atoms with Crippen LogP contribution >= 0.6 is 11.6 Å². The number of nitrogens with one attached hydrogen (secondary N) is 1. The molecule has 138 valence electrons. The van der Waals surface area contributed by atoms with Crippen LogP contribution in [0.5, 0.6) is 0 Å². The average Bonchev–Trinajstić information content (AvgIpc) is 2.57. The molecule has 3 nitrogen and oxygen atoms in total. The van der Waals surface area contributed by atoms with Gasteiger partial charge in [0.15, 0.2) is 0 Å². The lowest BCUT2D eigenvalue weighted by Crippen LogP contribution is -2.61. The van der Waals surface area contributed by atoms with E-state index in [0.29, 0.717) is 12.8 Å². The molecular weight excluding hydrogens is 332 g/mol. The predicted molar refractivity (Wildman–Crippen MR) is 94.4 cm³/mol. The number of rotatable bonds is 2. The van der Waals surface area contributed by atoms with Crippen LogP contribution in [0.1, 0.15) is 51.9 Å². The normalized spacial score (nSPS) is 38.2. The van der Waals surface area contributed by atoms with Gasteiger partial charge in [-0.15, -0.1) is 11.6 Å². The third kappa shape index (κ3) is 3.50. The van der Waals surface area contributed by atoms with E-state index in [-0.39, 0.29) is 11.7 Å². The molecular formula is C18H30ClF2N3. The van der Waals surface area contributed by atoms with Crippen LogP contribution < -0.4 is 11.1 Å². The van der Waals surface area contributed by atoms with Gasteiger partial charge in [-0.2, -0.15) is 0 Å². The van der Waals surface area contributed by atoms with E-state index >= 15 is 0 Å². The van der Waals surface area contributed by atoms with Gasteiger partial charge in [0.2, 0.25) is 6.43 Å². The molecule has 0 amide bonds. The van der Waals surface area contributed by atoms with Crippen LogP contribution in [0.25, 0.3) is 0 Å². The molecule has 0 radical (unpaired) electrons. The highest BCUT2D eigenvalue weighted by atomic mass is 35.5. The number of fused-ring (bicyclic) bond motifs is 1. The molecule has 0 aromatic carbocycles. The molecule has 2 fully saturated rings. The summed E-state index contributed by atoms with van der Waals surface area (Å²) in [6.07, 6.45) is 5.51. The van der Waals surface area contributed by atoms with Crippen molar-refractivity contribution in [1.82, 2.24) is 10.2 Å². The smallest absolute Gasteiger partial charge is 0.241 e. The first-order chi connectivity index (χ1) is 11.3. The van der Waals surface area contributed by atoms with E-state index in [1.54, 1.807) is 0 Å². The number of nitrogens with two attached hydrogens (primary N) is 1. The van der Waals surface area contributed by atoms with Gasteiger partial charge in [-0.1, -0.05) is 11.6 Å². The summed E-state index contributed by atoms with van der Waals surface area (Å²) in [4.78, 5) is 1.79. The quantitative estimate of drug-likeness (QED) is 0.584. The van der Waals surface area contributed by atoms with Gasteiger partial charge in [0, 0.05) is 25.0 Å². The molecule has 1 heterocycles. The Bertz CT molecular complexity index is 481. The minimum Gasteiger partial charge on any atom is -0.313 e. The molecule has 0 aromatic heterocycles. The summed E-state index contributed by atoms with van der Waals surface area (Å²) in [7, 11) is 0. The highest BCUT2D eigenvalue weighted by Gasteiger charge is 2.45. The topological polar surface area (TPSA) is 41.3 Å². The van der Waals surface area contributed by atoms with Crippen molar-refractivity contribution in [1.29, 1.82) is 0 Å². The molecule has 0 bridgehead atoms. The van der Waals surface area contributed by atoms with Crippen molar-refractivity contribution >= 4 is 11.6 Å². The van der Waals surface area contributed by atoms with E-state index in [9.17, 15) is 8.78 Å². The van der Waals surface area contributed by atoms with Gasteiger partial charge in [-0.3, -0.25) is 4.90 Å². The van der Waals surface area contributed by atoms with Crippen LogP contribution in [0, 0.1) is 5.92 Å². The van der Waals surface area contributed by atoms with E-state index < -0.39 is 17.2 Å². The van der Waals surface area contributed by atoms with Gasteiger partial charge in [-0.25, -0.2) is 8.78 Å². The fraction of sp³-hybridized carbons (Fsp3) is 0.889. The van der Waals surface area contributed by atoms with Crippen LogP contribution in [0.4, 0.5) is 8.78 Å². The molecule has 3 unspecified atom stereocenters. The second-order valence-corrected chi connectivity index (χ2v) is 8.54. The fourth-order valence-electron chi connectivity index (χ4n) is 4.44. The zero-order valence-corrected chi connectivity index (χ0v) is 15.3. The van der Waals surface area contributed by atoms with E-state index in [2.05, 4.69) is 10.2 Å². The van der Waals surface area contributed by atoms with Gasteiger partial charge in [0.25, 0.3) is 0 Å². The van der Waals surface area contributed by atoms with E-state index in [0.717, 1.165) is 50.9 Å². The zero-order chi connectivity index (χ0) is 17.4. The molecule has 3 rings (SSSR count). The molecule has 6 heteroatoms. The third-order valence-electron chi connectivity index (χ3n) is 6.42. The number of hydrogen-bond acceptors (Lipinski definition) is 3. The highest BCUT2D eigenvalue weighted by molar-refractivity contribution is 6.26. The van der Waals surface area contributed by atoms with E-state index in [1.807, 2.05) is 13.0 Å². The lowest BCUT2D eigenvalue weighted by Gasteiger charge is -2.48. The second-order valence-electron chi connectivity index (χ2n) is 7.87. The Labute approximate surface area is 149 Å². The minimum atomic E-state index is -2.29. The van der Waals surface area contributed by atoms with Crippen LogP contribution in [-0.4, -0.2) is 47.5 Å². The van der Waals surface area contributed by atoms with E-state index in [1.165, 1.54) is 6.42 Å². The zero-order valence-electron chi connectivity index (χ0n) is 14.5. The number of nitrogens with zero attached hydrogens (tertiary/aromatic N) is 1. The lowest BCUT2D eigenvalue weighted by atomic mass is 9.82. The maximum absolute atomic E-state index is 13.3. The van der Waals surface area contributed by atoms with Crippen molar-refractivity contribution in [3.63, 3.8) is 0 Å². The number of allylic oxidation sites excluding steroid dienone is 1.